The van der Waals surface area contributed by atoms with Crippen LogP contribution in [0.1, 0.15) is 5.56 Å². The summed E-state index contributed by atoms with van der Waals surface area (Å²) in [6.07, 6.45) is 1.51. The number of rotatable bonds is 7. The van der Waals surface area contributed by atoms with Crippen LogP contribution in [-0.2, 0) is 4.79 Å². The van der Waals surface area contributed by atoms with Crippen molar-refractivity contribution in [2.24, 2.45) is 0 Å². The third-order valence-electron chi connectivity index (χ3n) is 4.20. The fraction of sp³-hybridized carbons (Fsp3) is 0.130. The molecular formula is C23H20N2O3. The summed E-state index contributed by atoms with van der Waals surface area (Å²) in [4.78, 5) is 12.3. The molecule has 0 aromatic heterocycles. The standard InChI is InChI=1S/C23H20N2O3/c1-27-21-11-5-3-8-18(21)15-19(16-24)23(26)25-13-14-28-22-12-6-9-17-7-2-4-10-20(17)22/h2-12,15H,13-14H2,1H3,(H,25,26)/b19-15+. The maximum atomic E-state index is 12.3. The summed E-state index contributed by atoms with van der Waals surface area (Å²) in [6, 6.07) is 22.9. The van der Waals surface area contributed by atoms with Gasteiger partial charge in [0.15, 0.2) is 0 Å². The summed E-state index contributed by atoms with van der Waals surface area (Å²) in [5.41, 5.74) is 0.679. The molecule has 3 aromatic rings. The highest BCUT2D eigenvalue weighted by Gasteiger charge is 2.10. The van der Waals surface area contributed by atoms with Crippen LogP contribution in [0.5, 0.6) is 11.5 Å². The van der Waals surface area contributed by atoms with Crippen LogP contribution >= 0.6 is 0 Å². The van der Waals surface area contributed by atoms with Crippen molar-refractivity contribution >= 4 is 22.8 Å². The molecule has 0 heterocycles. The molecule has 1 amide bonds. The largest absolute Gasteiger partial charge is 0.496 e. The third kappa shape index (κ3) is 4.49. The minimum Gasteiger partial charge on any atom is -0.496 e. The lowest BCUT2D eigenvalue weighted by Gasteiger charge is -2.10. The van der Waals surface area contributed by atoms with Crippen molar-refractivity contribution in [3.8, 4) is 17.6 Å². The van der Waals surface area contributed by atoms with E-state index in [1.165, 1.54) is 6.08 Å². The lowest BCUT2D eigenvalue weighted by Crippen LogP contribution is -2.29. The molecule has 0 unspecified atom stereocenters. The van der Waals surface area contributed by atoms with Gasteiger partial charge in [0.25, 0.3) is 5.91 Å². The Balaban J connectivity index is 1.60. The van der Waals surface area contributed by atoms with E-state index in [2.05, 4.69) is 5.32 Å². The third-order valence-corrected chi connectivity index (χ3v) is 4.20. The van der Waals surface area contributed by atoms with E-state index in [-0.39, 0.29) is 12.1 Å². The van der Waals surface area contributed by atoms with E-state index in [4.69, 9.17) is 9.47 Å². The van der Waals surface area contributed by atoms with Gasteiger partial charge in [0.1, 0.15) is 29.7 Å². The van der Waals surface area contributed by atoms with E-state index < -0.39 is 5.91 Å². The van der Waals surface area contributed by atoms with Gasteiger partial charge in [-0.3, -0.25) is 4.79 Å². The first-order chi connectivity index (χ1) is 13.7. The summed E-state index contributed by atoms with van der Waals surface area (Å²) < 4.78 is 11.0. The van der Waals surface area contributed by atoms with Gasteiger partial charge in [-0.15, -0.1) is 0 Å². The number of nitrogens with zero attached hydrogens (tertiary/aromatic N) is 1. The number of amides is 1. The fourth-order valence-electron chi connectivity index (χ4n) is 2.83. The zero-order valence-corrected chi connectivity index (χ0v) is 15.5. The first kappa shape index (κ1) is 19.0. The van der Waals surface area contributed by atoms with E-state index in [9.17, 15) is 10.1 Å². The fourth-order valence-corrected chi connectivity index (χ4v) is 2.83. The molecule has 0 aliphatic heterocycles. The van der Waals surface area contributed by atoms with Crippen molar-refractivity contribution < 1.29 is 14.3 Å². The Morgan fingerprint density at radius 3 is 2.57 bits per heavy atom. The molecule has 5 heteroatoms. The van der Waals surface area contributed by atoms with Crippen molar-refractivity contribution in [1.82, 2.24) is 5.32 Å². The van der Waals surface area contributed by atoms with Gasteiger partial charge in [-0.1, -0.05) is 54.6 Å². The number of methoxy groups -OCH3 is 1. The normalized spacial score (nSPS) is 10.9. The second-order valence-electron chi connectivity index (χ2n) is 5.99. The number of benzene rings is 3. The number of nitriles is 1. The summed E-state index contributed by atoms with van der Waals surface area (Å²) in [7, 11) is 1.55. The van der Waals surface area contributed by atoms with E-state index in [0.717, 1.165) is 16.5 Å². The first-order valence-corrected chi connectivity index (χ1v) is 8.86. The molecular weight excluding hydrogens is 352 g/mol. The first-order valence-electron chi connectivity index (χ1n) is 8.86. The van der Waals surface area contributed by atoms with E-state index in [1.54, 1.807) is 19.2 Å². The lowest BCUT2D eigenvalue weighted by atomic mass is 10.1. The molecule has 0 aliphatic rings. The second kappa shape index (κ2) is 9.24. The highest BCUT2D eigenvalue weighted by atomic mass is 16.5. The minimum absolute atomic E-state index is 0.00895. The maximum absolute atomic E-state index is 12.3. The zero-order chi connectivity index (χ0) is 19.8. The van der Waals surface area contributed by atoms with Crippen LogP contribution in [0.4, 0.5) is 0 Å². The molecule has 0 radical (unpaired) electrons. The SMILES string of the molecule is COc1ccccc1/C=C(\C#N)C(=O)NCCOc1cccc2ccccc12. The van der Waals surface area contributed by atoms with Gasteiger partial charge >= 0.3 is 0 Å². The number of carbonyl (C=O) groups is 1. The van der Waals surface area contributed by atoms with Crippen LogP contribution in [0, 0.1) is 11.3 Å². The Morgan fingerprint density at radius 2 is 1.75 bits per heavy atom. The van der Waals surface area contributed by atoms with Gasteiger partial charge in [-0.25, -0.2) is 0 Å². The van der Waals surface area contributed by atoms with Crippen LogP contribution in [0.2, 0.25) is 0 Å². The number of carbonyl (C=O) groups excluding carboxylic acids is 1. The van der Waals surface area contributed by atoms with Gasteiger partial charge < -0.3 is 14.8 Å². The molecule has 3 aromatic carbocycles. The quantitative estimate of drug-likeness (QED) is 0.387. The molecule has 0 atom stereocenters. The van der Waals surface area contributed by atoms with Gasteiger partial charge in [0, 0.05) is 10.9 Å². The highest BCUT2D eigenvalue weighted by molar-refractivity contribution is 6.02. The van der Waals surface area contributed by atoms with Crippen LogP contribution in [0.15, 0.2) is 72.3 Å². The van der Waals surface area contributed by atoms with Crippen molar-refractivity contribution in [2.45, 2.75) is 0 Å². The van der Waals surface area contributed by atoms with E-state index in [0.29, 0.717) is 17.9 Å². The summed E-state index contributed by atoms with van der Waals surface area (Å²) >= 11 is 0. The van der Waals surface area contributed by atoms with Gasteiger partial charge in [0.2, 0.25) is 0 Å². The van der Waals surface area contributed by atoms with Crippen molar-refractivity contribution in [3.05, 3.63) is 77.9 Å². The summed E-state index contributed by atoms with van der Waals surface area (Å²) in [6.45, 7) is 0.583. The molecule has 1 N–H and O–H groups in total. The smallest absolute Gasteiger partial charge is 0.262 e. The summed E-state index contributed by atoms with van der Waals surface area (Å²) in [5.74, 6) is 0.912. The molecule has 0 fully saturated rings. The van der Waals surface area contributed by atoms with E-state index >= 15 is 0 Å². The Morgan fingerprint density at radius 1 is 1.04 bits per heavy atom. The molecule has 0 aliphatic carbocycles. The Hall–Kier alpha value is -3.78. The lowest BCUT2D eigenvalue weighted by molar-refractivity contribution is -0.117. The average molecular weight is 372 g/mol. The predicted octanol–water partition coefficient (Wildman–Crippen LogP) is 3.95. The van der Waals surface area contributed by atoms with Crippen molar-refractivity contribution in [1.29, 1.82) is 5.26 Å². The number of nitrogens with one attached hydrogen (secondary N) is 1. The average Bonchev–Trinajstić information content (AvgIpc) is 2.75. The molecule has 0 spiro atoms. The molecule has 0 saturated heterocycles. The maximum Gasteiger partial charge on any atom is 0.262 e. The second-order valence-corrected chi connectivity index (χ2v) is 5.99. The van der Waals surface area contributed by atoms with Gasteiger partial charge in [-0.05, 0) is 23.6 Å². The number of hydrogen-bond acceptors (Lipinski definition) is 4. The highest BCUT2D eigenvalue weighted by Crippen LogP contribution is 2.25. The van der Waals surface area contributed by atoms with Gasteiger partial charge in [0.05, 0.1) is 13.7 Å². The molecule has 5 nitrogen and oxygen atoms in total. The monoisotopic (exact) mass is 372 g/mol. The molecule has 0 saturated carbocycles. The van der Waals surface area contributed by atoms with Gasteiger partial charge in [-0.2, -0.15) is 5.26 Å². The Kier molecular flexibility index (Phi) is 6.27. The Bertz CT molecular complexity index is 1050. The molecule has 28 heavy (non-hydrogen) atoms. The number of hydrogen-bond donors (Lipinski definition) is 1. The predicted molar refractivity (Wildman–Crippen MR) is 109 cm³/mol. The van der Waals surface area contributed by atoms with Crippen LogP contribution < -0.4 is 14.8 Å². The number of ether oxygens (including phenoxy) is 2. The topological polar surface area (TPSA) is 71.3 Å². The summed E-state index contributed by atoms with van der Waals surface area (Å²) in [5, 5.41) is 14.1. The number of fused-ring (bicyclic) bond motifs is 1. The molecule has 3 rings (SSSR count). The molecule has 0 bridgehead atoms. The molecule has 140 valence electrons. The van der Waals surface area contributed by atoms with Crippen LogP contribution in [0.3, 0.4) is 0 Å². The Labute approximate surface area is 163 Å². The zero-order valence-electron chi connectivity index (χ0n) is 15.5. The van der Waals surface area contributed by atoms with Crippen molar-refractivity contribution in [2.75, 3.05) is 20.3 Å². The minimum atomic E-state index is -0.449. The van der Waals surface area contributed by atoms with E-state index in [1.807, 2.05) is 60.7 Å². The van der Waals surface area contributed by atoms with Crippen LogP contribution in [-0.4, -0.2) is 26.2 Å². The number of para-hydroxylation sites is 1. The van der Waals surface area contributed by atoms with Crippen molar-refractivity contribution in [3.63, 3.8) is 0 Å². The van der Waals surface area contributed by atoms with Crippen LogP contribution in [0.25, 0.3) is 16.8 Å².